The summed E-state index contributed by atoms with van der Waals surface area (Å²) in [4.78, 5) is 12.4. The van der Waals surface area contributed by atoms with Gasteiger partial charge in [-0.25, -0.2) is 5.43 Å². The number of nitrogens with one attached hydrogen (secondary N) is 1. The van der Waals surface area contributed by atoms with Gasteiger partial charge >= 0.3 is 0 Å². The van der Waals surface area contributed by atoms with Crippen LogP contribution in [0.4, 0.5) is 0 Å². The molecule has 0 aromatic heterocycles. The fraction of sp³-hybridized carbons (Fsp3) is 0.167. The monoisotopic (exact) mass is 454 g/mol. The van der Waals surface area contributed by atoms with Crippen LogP contribution >= 0.6 is 11.6 Å². The quantitative estimate of drug-likeness (QED) is 0.374. The molecule has 3 aromatic rings. The van der Waals surface area contributed by atoms with Crippen LogP contribution in [0.3, 0.4) is 0 Å². The number of hydrogen-bond acceptors (Lipinski definition) is 6. The molecule has 0 aliphatic carbocycles. The third kappa shape index (κ3) is 5.92. The lowest BCUT2D eigenvalue weighted by atomic mass is 10.1. The van der Waals surface area contributed by atoms with Crippen LogP contribution in [-0.4, -0.2) is 33.5 Å². The Hall–Kier alpha value is -3.71. The van der Waals surface area contributed by atoms with Crippen LogP contribution < -0.4 is 24.4 Å². The van der Waals surface area contributed by atoms with E-state index >= 15 is 0 Å². The highest BCUT2D eigenvalue weighted by atomic mass is 35.5. The number of amides is 1. The van der Waals surface area contributed by atoms with Gasteiger partial charge in [-0.1, -0.05) is 23.7 Å². The Bertz CT molecular complexity index is 1060. The van der Waals surface area contributed by atoms with Crippen LogP contribution in [0.1, 0.15) is 21.5 Å². The van der Waals surface area contributed by atoms with Crippen LogP contribution in [0.15, 0.2) is 65.8 Å². The molecule has 3 rings (SSSR count). The molecular formula is C24H23ClN2O5. The van der Waals surface area contributed by atoms with Crippen molar-refractivity contribution in [1.82, 2.24) is 5.43 Å². The maximum atomic E-state index is 12.4. The van der Waals surface area contributed by atoms with Crippen molar-refractivity contribution in [1.29, 1.82) is 0 Å². The molecule has 0 unspecified atom stereocenters. The second kappa shape index (κ2) is 11.1. The number of halogens is 1. The van der Waals surface area contributed by atoms with Gasteiger partial charge in [0.05, 0.1) is 33.1 Å². The topological polar surface area (TPSA) is 78.4 Å². The van der Waals surface area contributed by atoms with Gasteiger partial charge in [0.25, 0.3) is 5.91 Å². The second-order valence-electron chi connectivity index (χ2n) is 6.58. The van der Waals surface area contributed by atoms with Crippen LogP contribution in [0, 0.1) is 0 Å². The van der Waals surface area contributed by atoms with Crippen LogP contribution in [-0.2, 0) is 6.61 Å². The van der Waals surface area contributed by atoms with Crippen molar-refractivity contribution in [3.8, 4) is 23.0 Å². The number of methoxy groups -OCH3 is 3. The summed E-state index contributed by atoms with van der Waals surface area (Å²) in [5, 5.41) is 4.69. The van der Waals surface area contributed by atoms with E-state index in [2.05, 4.69) is 10.5 Å². The largest absolute Gasteiger partial charge is 0.496 e. The number of carbonyl (C=O) groups is 1. The average molecular weight is 455 g/mol. The van der Waals surface area contributed by atoms with Gasteiger partial charge in [0.2, 0.25) is 0 Å². The molecule has 0 aliphatic heterocycles. The van der Waals surface area contributed by atoms with Crippen LogP contribution in [0.5, 0.6) is 23.0 Å². The van der Waals surface area contributed by atoms with E-state index < -0.39 is 0 Å². The fourth-order valence-electron chi connectivity index (χ4n) is 2.83. The maximum Gasteiger partial charge on any atom is 0.271 e. The van der Waals surface area contributed by atoms with Crippen molar-refractivity contribution in [2.75, 3.05) is 21.3 Å². The van der Waals surface area contributed by atoms with Gasteiger partial charge in [-0.05, 0) is 42.0 Å². The number of benzene rings is 3. The molecule has 0 saturated carbocycles. The molecule has 0 spiro atoms. The third-order valence-corrected chi connectivity index (χ3v) is 4.80. The molecule has 0 radical (unpaired) electrons. The summed E-state index contributed by atoms with van der Waals surface area (Å²) in [5.74, 6) is 1.96. The predicted octanol–water partition coefficient (Wildman–Crippen LogP) is 4.71. The lowest BCUT2D eigenvalue weighted by Crippen LogP contribution is -2.17. The van der Waals surface area contributed by atoms with Crippen molar-refractivity contribution >= 4 is 23.7 Å². The zero-order valence-corrected chi connectivity index (χ0v) is 18.7. The van der Waals surface area contributed by atoms with E-state index in [1.807, 2.05) is 12.1 Å². The molecule has 7 nitrogen and oxygen atoms in total. The summed E-state index contributed by atoms with van der Waals surface area (Å²) in [7, 11) is 4.61. The Balaban J connectivity index is 1.61. The fourth-order valence-corrected chi connectivity index (χ4v) is 2.96. The first-order valence-corrected chi connectivity index (χ1v) is 10.0. The third-order valence-electron chi connectivity index (χ3n) is 4.55. The number of hydrazone groups is 1. The minimum absolute atomic E-state index is 0.349. The first kappa shape index (κ1) is 23.0. The summed E-state index contributed by atoms with van der Waals surface area (Å²) in [5.41, 5.74) is 4.47. The lowest BCUT2D eigenvalue weighted by molar-refractivity contribution is 0.0955. The van der Waals surface area contributed by atoms with E-state index in [4.69, 9.17) is 30.5 Å². The van der Waals surface area contributed by atoms with Gasteiger partial charge in [-0.2, -0.15) is 5.10 Å². The van der Waals surface area contributed by atoms with Crippen LogP contribution in [0.2, 0.25) is 5.02 Å². The summed E-state index contributed by atoms with van der Waals surface area (Å²) in [6, 6.07) is 17.6. The van der Waals surface area contributed by atoms with E-state index in [1.54, 1.807) is 55.6 Å². The molecule has 0 fully saturated rings. The van der Waals surface area contributed by atoms with Crippen LogP contribution in [0.25, 0.3) is 0 Å². The van der Waals surface area contributed by atoms with Gasteiger partial charge in [0, 0.05) is 22.7 Å². The number of nitrogens with zero attached hydrogens (tertiary/aromatic N) is 1. The molecule has 32 heavy (non-hydrogen) atoms. The molecule has 0 atom stereocenters. The first-order chi connectivity index (χ1) is 15.5. The standard InChI is InChI=1S/C24H23ClN2O5/c1-29-20-12-22(30-2)21(23(13-20)31-3)14-26-27-24(28)17-6-4-16(5-7-17)15-32-19-10-8-18(25)9-11-19/h4-14H,15H2,1-3H3,(H,27,28)/b26-14+. The van der Waals surface area contributed by atoms with Gasteiger partial charge < -0.3 is 18.9 Å². The van der Waals surface area contributed by atoms with E-state index in [0.717, 1.165) is 11.3 Å². The number of ether oxygens (including phenoxy) is 4. The van der Waals surface area contributed by atoms with E-state index in [-0.39, 0.29) is 5.91 Å². The van der Waals surface area contributed by atoms with Gasteiger partial charge in [-0.3, -0.25) is 4.79 Å². The Morgan fingerprint density at radius 2 is 1.53 bits per heavy atom. The number of hydrogen-bond donors (Lipinski definition) is 1. The molecule has 0 bridgehead atoms. The summed E-state index contributed by atoms with van der Waals surface area (Å²) in [6.07, 6.45) is 1.46. The Kier molecular flexibility index (Phi) is 7.94. The first-order valence-electron chi connectivity index (χ1n) is 9.64. The lowest BCUT2D eigenvalue weighted by Gasteiger charge is -2.12. The molecule has 166 valence electrons. The zero-order chi connectivity index (χ0) is 22.9. The highest BCUT2D eigenvalue weighted by molar-refractivity contribution is 6.30. The minimum Gasteiger partial charge on any atom is -0.496 e. The van der Waals surface area contributed by atoms with E-state index in [0.29, 0.717) is 40.0 Å². The van der Waals surface area contributed by atoms with Crippen molar-refractivity contribution in [3.63, 3.8) is 0 Å². The Morgan fingerprint density at radius 1 is 0.906 bits per heavy atom. The molecule has 0 heterocycles. The number of rotatable bonds is 9. The Labute approximate surface area is 191 Å². The smallest absolute Gasteiger partial charge is 0.271 e. The second-order valence-corrected chi connectivity index (χ2v) is 7.02. The van der Waals surface area contributed by atoms with Gasteiger partial charge in [0.1, 0.15) is 29.6 Å². The molecule has 1 N–H and O–H groups in total. The highest BCUT2D eigenvalue weighted by Gasteiger charge is 2.12. The Morgan fingerprint density at radius 3 is 2.09 bits per heavy atom. The SMILES string of the molecule is COc1cc(OC)c(/C=N/NC(=O)c2ccc(COc3ccc(Cl)cc3)cc2)c(OC)c1. The molecule has 0 aliphatic rings. The maximum absolute atomic E-state index is 12.4. The summed E-state index contributed by atoms with van der Waals surface area (Å²) >= 11 is 5.87. The van der Waals surface area contributed by atoms with Crippen molar-refractivity contribution in [3.05, 3.63) is 82.4 Å². The molecule has 8 heteroatoms. The minimum atomic E-state index is -0.349. The van der Waals surface area contributed by atoms with E-state index in [9.17, 15) is 4.79 Å². The predicted molar refractivity (Wildman–Crippen MR) is 123 cm³/mol. The van der Waals surface area contributed by atoms with Gasteiger partial charge in [0.15, 0.2) is 0 Å². The molecule has 1 amide bonds. The summed E-state index contributed by atoms with van der Waals surface area (Å²) in [6.45, 7) is 0.374. The van der Waals surface area contributed by atoms with Crippen molar-refractivity contribution in [2.45, 2.75) is 6.61 Å². The molecule has 3 aromatic carbocycles. The van der Waals surface area contributed by atoms with Gasteiger partial charge in [-0.15, -0.1) is 0 Å². The summed E-state index contributed by atoms with van der Waals surface area (Å²) < 4.78 is 21.7. The molecule has 0 saturated heterocycles. The average Bonchev–Trinajstić information content (AvgIpc) is 2.83. The van der Waals surface area contributed by atoms with Crippen molar-refractivity contribution < 1.29 is 23.7 Å². The van der Waals surface area contributed by atoms with Crippen molar-refractivity contribution in [2.24, 2.45) is 5.10 Å². The zero-order valence-electron chi connectivity index (χ0n) is 17.9. The highest BCUT2D eigenvalue weighted by Crippen LogP contribution is 2.32. The van der Waals surface area contributed by atoms with E-state index in [1.165, 1.54) is 20.4 Å². The molecular weight excluding hydrogens is 432 g/mol. The number of carbonyl (C=O) groups excluding carboxylic acids is 1. The normalized spacial score (nSPS) is 10.6.